The molecule has 0 radical (unpaired) electrons. The van der Waals surface area contributed by atoms with Gasteiger partial charge in [-0.15, -0.1) is 0 Å². The molecule has 0 bridgehead atoms. The van der Waals surface area contributed by atoms with Crippen molar-refractivity contribution in [1.82, 2.24) is 20.7 Å². The Kier molecular flexibility index (Phi) is 3.64. The predicted molar refractivity (Wildman–Crippen MR) is 74.2 cm³/mol. The molecule has 1 amide bonds. The first-order valence-electron chi connectivity index (χ1n) is 7.01. The molecule has 2 atom stereocenters. The van der Waals surface area contributed by atoms with Crippen LogP contribution in [0.2, 0.25) is 0 Å². The van der Waals surface area contributed by atoms with E-state index >= 15 is 0 Å². The highest BCUT2D eigenvalue weighted by Crippen LogP contribution is 2.23. The van der Waals surface area contributed by atoms with Crippen molar-refractivity contribution in [3.63, 3.8) is 0 Å². The highest BCUT2D eigenvalue weighted by Gasteiger charge is 2.23. The summed E-state index contributed by atoms with van der Waals surface area (Å²) in [5.41, 5.74) is 1.98. The molecule has 3 rings (SSSR count). The lowest BCUT2D eigenvalue weighted by Gasteiger charge is -2.27. The van der Waals surface area contributed by atoms with Gasteiger partial charge in [0.2, 0.25) is 0 Å². The van der Waals surface area contributed by atoms with Gasteiger partial charge >= 0.3 is 0 Å². The molecule has 1 aromatic heterocycles. The molecule has 0 spiro atoms. The summed E-state index contributed by atoms with van der Waals surface area (Å²) >= 11 is 0. The topological polar surface area (TPSA) is 90.9 Å². The van der Waals surface area contributed by atoms with Crippen molar-refractivity contribution in [2.75, 3.05) is 6.54 Å². The second kappa shape index (κ2) is 5.58. The van der Waals surface area contributed by atoms with Gasteiger partial charge in [-0.25, -0.2) is 0 Å². The summed E-state index contributed by atoms with van der Waals surface area (Å²) in [5, 5.41) is 23.2. The molecule has 2 unspecified atom stereocenters. The molecule has 6 heteroatoms. The first-order chi connectivity index (χ1) is 9.74. The average molecular weight is 274 g/mol. The highest BCUT2D eigenvalue weighted by atomic mass is 16.3. The van der Waals surface area contributed by atoms with Gasteiger partial charge in [0.15, 0.2) is 0 Å². The van der Waals surface area contributed by atoms with Crippen LogP contribution in [0.5, 0.6) is 0 Å². The fourth-order valence-electron chi connectivity index (χ4n) is 2.73. The van der Waals surface area contributed by atoms with Crippen molar-refractivity contribution in [2.45, 2.75) is 31.8 Å². The Morgan fingerprint density at radius 3 is 2.95 bits per heavy atom. The lowest BCUT2D eigenvalue weighted by atomic mass is 9.86. The number of hydrogen-bond acceptors (Lipinski definition) is 4. The van der Waals surface area contributed by atoms with E-state index in [1.807, 2.05) is 0 Å². The number of aromatic amines is 1. The van der Waals surface area contributed by atoms with E-state index in [2.05, 4.69) is 20.7 Å². The Labute approximate surface area is 116 Å². The third kappa shape index (κ3) is 2.65. The summed E-state index contributed by atoms with van der Waals surface area (Å²) in [6.07, 6.45) is 3.73. The van der Waals surface area contributed by atoms with Crippen LogP contribution in [-0.4, -0.2) is 39.1 Å². The number of amides is 1. The molecule has 106 valence electrons. The van der Waals surface area contributed by atoms with Gasteiger partial charge in [-0.1, -0.05) is 12.8 Å². The van der Waals surface area contributed by atoms with Gasteiger partial charge in [0.25, 0.3) is 5.91 Å². The maximum absolute atomic E-state index is 12.1. The number of carbonyl (C=O) groups is 1. The Balaban J connectivity index is 1.63. The van der Waals surface area contributed by atoms with E-state index in [-0.39, 0.29) is 17.9 Å². The zero-order chi connectivity index (χ0) is 13.9. The number of fused-ring (bicyclic) bond motifs is 1. The summed E-state index contributed by atoms with van der Waals surface area (Å²) in [6.45, 7) is 0.525. The Hall–Kier alpha value is -1.95. The number of nitrogens with zero attached hydrogens (tertiary/aromatic N) is 2. The van der Waals surface area contributed by atoms with Crippen molar-refractivity contribution in [3.8, 4) is 0 Å². The Morgan fingerprint density at radius 1 is 1.30 bits per heavy atom. The van der Waals surface area contributed by atoms with Gasteiger partial charge in [0.05, 0.1) is 6.10 Å². The molecular weight excluding hydrogens is 256 g/mol. The number of aromatic nitrogens is 3. The van der Waals surface area contributed by atoms with Crippen molar-refractivity contribution in [1.29, 1.82) is 0 Å². The molecule has 2 aromatic rings. The van der Waals surface area contributed by atoms with E-state index in [4.69, 9.17) is 0 Å². The molecule has 1 saturated carbocycles. The van der Waals surface area contributed by atoms with Crippen molar-refractivity contribution < 1.29 is 9.90 Å². The second-order valence-electron chi connectivity index (χ2n) is 5.35. The molecule has 1 aliphatic rings. The quantitative estimate of drug-likeness (QED) is 0.785. The van der Waals surface area contributed by atoms with E-state index in [9.17, 15) is 9.90 Å². The van der Waals surface area contributed by atoms with Crippen LogP contribution in [0.25, 0.3) is 11.0 Å². The van der Waals surface area contributed by atoms with Crippen LogP contribution in [0, 0.1) is 5.92 Å². The number of rotatable bonds is 3. The monoisotopic (exact) mass is 274 g/mol. The van der Waals surface area contributed by atoms with Gasteiger partial charge < -0.3 is 10.4 Å². The number of hydrogen-bond donors (Lipinski definition) is 3. The summed E-state index contributed by atoms with van der Waals surface area (Å²) in [5.74, 6) is 0.0381. The largest absolute Gasteiger partial charge is 0.393 e. The van der Waals surface area contributed by atoms with Crippen molar-refractivity contribution in [3.05, 3.63) is 23.8 Å². The van der Waals surface area contributed by atoms with Gasteiger partial charge in [-0.05, 0) is 31.0 Å². The number of H-pyrrole nitrogens is 1. The number of carbonyl (C=O) groups excluding carboxylic acids is 1. The van der Waals surface area contributed by atoms with E-state index in [1.54, 1.807) is 18.2 Å². The molecule has 6 nitrogen and oxygen atoms in total. The minimum Gasteiger partial charge on any atom is -0.393 e. The average Bonchev–Trinajstić information content (AvgIpc) is 2.93. The van der Waals surface area contributed by atoms with Crippen LogP contribution in [0.3, 0.4) is 0 Å². The highest BCUT2D eigenvalue weighted by molar-refractivity contribution is 5.97. The number of aliphatic hydroxyl groups excluding tert-OH is 1. The number of benzene rings is 1. The SMILES string of the molecule is O=C(NCC1CCCCC1O)c1ccc2n[nH]nc2c1. The molecule has 0 aliphatic heterocycles. The summed E-state index contributed by atoms with van der Waals surface area (Å²) in [6, 6.07) is 5.21. The fraction of sp³-hybridized carbons (Fsp3) is 0.500. The third-order valence-electron chi connectivity index (χ3n) is 3.97. The molecular formula is C14H18N4O2. The Morgan fingerprint density at radius 2 is 2.10 bits per heavy atom. The Bertz CT molecular complexity index is 610. The summed E-state index contributed by atoms with van der Waals surface area (Å²) in [4.78, 5) is 12.1. The summed E-state index contributed by atoms with van der Waals surface area (Å²) < 4.78 is 0. The first kappa shape index (κ1) is 13.1. The van der Waals surface area contributed by atoms with Crippen molar-refractivity contribution in [2.24, 2.45) is 5.92 Å². The normalized spacial score (nSPS) is 22.9. The standard InChI is InChI=1S/C14H18N4O2/c19-13-4-2-1-3-10(13)8-15-14(20)9-5-6-11-12(7-9)17-18-16-11/h5-7,10,13,19H,1-4,8H2,(H,15,20)(H,16,17,18). The maximum atomic E-state index is 12.1. The van der Waals surface area contributed by atoms with E-state index in [1.165, 1.54) is 0 Å². The molecule has 1 heterocycles. The van der Waals surface area contributed by atoms with Crippen LogP contribution in [0.15, 0.2) is 18.2 Å². The number of aliphatic hydroxyl groups is 1. The van der Waals surface area contributed by atoms with Crippen LogP contribution in [0.4, 0.5) is 0 Å². The number of nitrogens with one attached hydrogen (secondary N) is 2. The second-order valence-corrected chi connectivity index (χ2v) is 5.35. The minimum atomic E-state index is -0.290. The smallest absolute Gasteiger partial charge is 0.251 e. The van der Waals surface area contributed by atoms with Gasteiger partial charge in [0, 0.05) is 18.0 Å². The lowest BCUT2D eigenvalue weighted by molar-refractivity contribution is 0.0663. The summed E-state index contributed by atoms with van der Waals surface area (Å²) in [7, 11) is 0. The zero-order valence-electron chi connectivity index (χ0n) is 11.2. The first-order valence-corrected chi connectivity index (χ1v) is 7.01. The van der Waals surface area contributed by atoms with Gasteiger partial charge in [0.1, 0.15) is 11.0 Å². The van der Waals surface area contributed by atoms with E-state index in [0.717, 1.165) is 31.2 Å². The minimum absolute atomic E-state index is 0.132. The predicted octanol–water partition coefficient (Wildman–Crippen LogP) is 1.24. The van der Waals surface area contributed by atoms with Gasteiger partial charge in [-0.3, -0.25) is 4.79 Å². The van der Waals surface area contributed by atoms with Crippen LogP contribution < -0.4 is 5.32 Å². The molecule has 1 aliphatic carbocycles. The van der Waals surface area contributed by atoms with Crippen molar-refractivity contribution >= 4 is 16.9 Å². The zero-order valence-corrected chi connectivity index (χ0v) is 11.2. The molecule has 1 aromatic carbocycles. The van der Waals surface area contributed by atoms with Crippen LogP contribution in [0.1, 0.15) is 36.0 Å². The van der Waals surface area contributed by atoms with E-state index < -0.39 is 0 Å². The fourth-order valence-corrected chi connectivity index (χ4v) is 2.73. The third-order valence-corrected chi connectivity index (χ3v) is 3.97. The van der Waals surface area contributed by atoms with E-state index in [0.29, 0.717) is 17.6 Å². The molecule has 1 fully saturated rings. The lowest BCUT2D eigenvalue weighted by Crippen LogP contribution is -2.36. The molecule has 20 heavy (non-hydrogen) atoms. The molecule has 3 N–H and O–H groups in total. The maximum Gasteiger partial charge on any atom is 0.251 e. The van der Waals surface area contributed by atoms with Crippen LogP contribution in [-0.2, 0) is 0 Å². The van der Waals surface area contributed by atoms with Crippen LogP contribution >= 0.6 is 0 Å². The molecule has 0 saturated heterocycles. The van der Waals surface area contributed by atoms with Gasteiger partial charge in [-0.2, -0.15) is 15.4 Å².